The SMILES string of the molecule is COc1ccc(Oc2ccc(Sc3ccccc3C(=O)NS(C)(=O)=O)cc2)cc1.COc1ccc(Oc2ccc(Sc3ccccc3C(=O)O)cc2)cc1. The van der Waals surface area contributed by atoms with Crippen LogP contribution in [0.5, 0.6) is 34.5 Å². The van der Waals surface area contributed by atoms with Crippen molar-refractivity contribution in [2.24, 2.45) is 0 Å². The fourth-order valence-electron chi connectivity index (χ4n) is 4.66. The number of nitrogens with one attached hydrogen (secondary N) is 1. The van der Waals surface area contributed by atoms with Gasteiger partial charge < -0.3 is 24.1 Å². The van der Waals surface area contributed by atoms with Crippen LogP contribution in [-0.4, -0.2) is 45.9 Å². The first-order chi connectivity index (χ1) is 26.0. The topological polar surface area (TPSA) is 137 Å². The first-order valence-electron chi connectivity index (χ1n) is 16.1. The van der Waals surface area contributed by atoms with Crippen LogP contribution in [0.3, 0.4) is 0 Å². The lowest BCUT2D eigenvalue weighted by molar-refractivity contribution is 0.0692. The molecule has 2 N–H and O–H groups in total. The monoisotopic (exact) mass is 781 g/mol. The molecule has 6 aromatic carbocycles. The third kappa shape index (κ3) is 11.8. The fraction of sp³-hybridized carbons (Fsp3) is 0.0732. The van der Waals surface area contributed by atoms with E-state index in [0.717, 1.165) is 33.3 Å². The van der Waals surface area contributed by atoms with Crippen LogP contribution in [0.2, 0.25) is 0 Å². The smallest absolute Gasteiger partial charge is 0.336 e. The molecular formula is C41H35NO9S3. The highest BCUT2D eigenvalue weighted by molar-refractivity contribution is 7.99. The molecule has 0 aliphatic heterocycles. The van der Waals surface area contributed by atoms with Crippen molar-refractivity contribution in [2.45, 2.75) is 19.6 Å². The van der Waals surface area contributed by atoms with Crippen LogP contribution in [0.25, 0.3) is 0 Å². The highest BCUT2D eigenvalue weighted by Gasteiger charge is 2.16. The number of carboxylic acids is 1. The lowest BCUT2D eigenvalue weighted by Gasteiger charge is -2.10. The van der Waals surface area contributed by atoms with Gasteiger partial charge >= 0.3 is 5.97 Å². The number of carbonyl (C=O) groups is 2. The summed E-state index contributed by atoms with van der Waals surface area (Å²) in [6.07, 6.45) is 0.947. The average molecular weight is 782 g/mol. The average Bonchev–Trinajstić information content (AvgIpc) is 3.17. The fourth-order valence-corrected chi connectivity index (χ4v) is 6.99. The second kappa shape index (κ2) is 18.7. The van der Waals surface area contributed by atoms with Crippen LogP contribution in [-0.2, 0) is 10.0 Å². The summed E-state index contributed by atoms with van der Waals surface area (Å²) >= 11 is 2.77. The van der Waals surface area contributed by atoms with Gasteiger partial charge in [-0.15, -0.1) is 0 Å². The first kappa shape index (κ1) is 39.3. The molecule has 0 heterocycles. The molecule has 6 aromatic rings. The Bertz CT molecular complexity index is 2280. The van der Waals surface area contributed by atoms with Crippen LogP contribution in [0, 0.1) is 0 Å². The molecular weight excluding hydrogens is 747 g/mol. The van der Waals surface area contributed by atoms with E-state index in [9.17, 15) is 23.1 Å². The predicted octanol–water partition coefficient (Wildman–Crippen LogP) is 9.66. The molecule has 0 fully saturated rings. The number of benzene rings is 6. The first-order valence-corrected chi connectivity index (χ1v) is 19.6. The minimum absolute atomic E-state index is 0.293. The van der Waals surface area contributed by atoms with Crippen LogP contribution in [0.4, 0.5) is 0 Å². The summed E-state index contributed by atoms with van der Waals surface area (Å²) in [6, 6.07) is 43.3. The van der Waals surface area contributed by atoms with Crippen molar-refractivity contribution < 1.29 is 42.1 Å². The molecule has 0 saturated heterocycles. The quantitative estimate of drug-likeness (QED) is 0.116. The van der Waals surface area contributed by atoms with Gasteiger partial charge in [0.25, 0.3) is 5.91 Å². The zero-order valence-electron chi connectivity index (χ0n) is 29.3. The second-order valence-electron chi connectivity index (χ2n) is 11.2. The van der Waals surface area contributed by atoms with Gasteiger partial charge in [-0.05, 0) is 121 Å². The number of hydrogen-bond donors (Lipinski definition) is 2. The van der Waals surface area contributed by atoms with Crippen molar-refractivity contribution >= 4 is 45.4 Å². The number of rotatable bonds is 13. The molecule has 0 bridgehead atoms. The normalized spacial score (nSPS) is 10.6. The van der Waals surface area contributed by atoms with E-state index in [1.165, 1.54) is 23.5 Å². The Labute approximate surface area is 322 Å². The molecule has 6 rings (SSSR count). The van der Waals surface area contributed by atoms with Gasteiger partial charge in [-0.2, -0.15) is 0 Å². The van der Waals surface area contributed by atoms with Gasteiger partial charge in [0.1, 0.15) is 34.5 Å². The molecule has 0 aromatic heterocycles. The number of sulfonamides is 1. The third-order valence-corrected chi connectivity index (χ3v) is 9.94. The Balaban J connectivity index is 0.000000210. The van der Waals surface area contributed by atoms with E-state index in [-0.39, 0.29) is 0 Å². The second-order valence-corrected chi connectivity index (χ2v) is 15.2. The van der Waals surface area contributed by atoms with Crippen LogP contribution < -0.4 is 23.7 Å². The zero-order valence-corrected chi connectivity index (χ0v) is 31.7. The van der Waals surface area contributed by atoms with Crippen molar-refractivity contribution in [3.63, 3.8) is 0 Å². The highest BCUT2D eigenvalue weighted by atomic mass is 32.2. The molecule has 0 aliphatic rings. The van der Waals surface area contributed by atoms with E-state index in [0.29, 0.717) is 38.2 Å². The van der Waals surface area contributed by atoms with Crippen LogP contribution in [0.15, 0.2) is 165 Å². The number of methoxy groups -OCH3 is 2. The lowest BCUT2D eigenvalue weighted by atomic mass is 10.2. The van der Waals surface area contributed by atoms with Gasteiger partial charge in [0.15, 0.2) is 0 Å². The van der Waals surface area contributed by atoms with Crippen molar-refractivity contribution in [1.82, 2.24) is 4.72 Å². The Morgan fingerprint density at radius 1 is 0.519 bits per heavy atom. The minimum atomic E-state index is -3.63. The van der Waals surface area contributed by atoms with Crippen molar-refractivity contribution in [2.75, 3.05) is 20.5 Å². The molecule has 0 spiro atoms. The van der Waals surface area contributed by atoms with Gasteiger partial charge in [0, 0.05) is 19.6 Å². The molecule has 0 atom stereocenters. The molecule has 0 aliphatic carbocycles. The van der Waals surface area contributed by atoms with E-state index < -0.39 is 21.9 Å². The maximum absolute atomic E-state index is 12.2. The summed E-state index contributed by atoms with van der Waals surface area (Å²) in [7, 11) is -0.408. The van der Waals surface area contributed by atoms with E-state index in [2.05, 4.69) is 0 Å². The molecule has 13 heteroatoms. The summed E-state index contributed by atoms with van der Waals surface area (Å²) in [5.74, 6) is 2.73. The number of carboxylic acid groups (broad SMARTS) is 1. The maximum Gasteiger partial charge on any atom is 0.336 e. The molecule has 0 saturated carbocycles. The third-order valence-electron chi connectivity index (χ3n) is 7.22. The number of amides is 1. The number of carbonyl (C=O) groups excluding carboxylic acids is 1. The molecule has 0 unspecified atom stereocenters. The molecule has 276 valence electrons. The van der Waals surface area contributed by atoms with E-state index in [4.69, 9.17) is 18.9 Å². The van der Waals surface area contributed by atoms with E-state index in [1.807, 2.05) is 108 Å². The molecule has 54 heavy (non-hydrogen) atoms. The number of ether oxygens (including phenoxy) is 4. The number of hydrogen-bond acceptors (Lipinski definition) is 10. The van der Waals surface area contributed by atoms with Gasteiger partial charge in [-0.1, -0.05) is 47.8 Å². The van der Waals surface area contributed by atoms with Gasteiger partial charge in [0.2, 0.25) is 10.0 Å². The van der Waals surface area contributed by atoms with Gasteiger partial charge in [-0.3, -0.25) is 4.79 Å². The van der Waals surface area contributed by atoms with Crippen molar-refractivity contribution in [3.8, 4) is 34.5 Å². The Hall–Kier alpha value is -5.89. The summed E-state index contributed by atoms with van der Waals surface area (Å²) < 4.78 is 46.5. The Kier molecular flexibility index (Phi) is 13.6. The summed E-state index contributed by atoms with van der Waals surface area (Å²) in [6.45, 7) is 0. The van der Waals surface area contributed by atoms with Gasteiger partial charge in [0.05, 0.1) is 31.6 Å². The van der Waals surface area contributed by atoms with E-state index >= 15 is 0 Å². The lowest BCUT2D eigenvalue weighted by Crippen LogP contribution is -2.29. The summed E-state index contributed by atoms with van der Waals surface area (Å²) in [5, 5.41) is 9.25. The van der Waals surface area contributed by atoms with Crippen LogP contribution >= 0.6 is 23.5 Å². The highest BCUT2D eigenvalue weighted by Crippen LogP contribution is 2.34. The standard InChI is InChI=1S/C21H19NO5S2.C20H16O4S/c1-26-15-7-9-16(10-8-15)27-17-11-13-18(14-12-17)28-20-6-4-3-5-19(20)21(23)22-29(2,24)25;1-23-14-6-8-15(9-7-14)24-16-10-12-17(13-11-16)25-19-5-3-2-4-18(19)20(21)22/h3-14H,1-2H3,(H,22,23);2-13H,1H3,(H,21,22). The van der Waals surface area contributed by atoms with Gasteiger partial charge in [-0.25, -0.2) is 17.9 Å². The largest absolute Gasteiger partial charge is 0.497 e. The maximum atomic E-state index is 12.2. The zero-order chi connectivity index (χ0) is 38.5. The predicted molar refractivity (Wildman–Crippen MR) is 209 cm³/mol. The van der Waals surface area contributed by atoms with Crippen molar-refractivity contribution in [1.29, 1.82) is 0 Å². The molecule has 10 nitrogen and oxygen atoms in total. The number of aromatic carboxylic acids is 1. The Morgan fingerprint density at radius 2 is 0.852 bits per heavy atom. The summed E-state index contributed by atoms with van der Waals surface area (Å²) in [4.78, 5) is 26.7. The van der Waals surface area contributed by atoms with Crippen LogP contribution in [0.1, 0.15) is 20.7 Å². The summed E-state index contributed by atoms with van der Waals surface area (Å²) in [5.41, 5.74) is 0.590. The molecule has 0 radical (unpaired) electrons. The Morgan fingerprint density at radius 3 is 1.22 bits per heavy atom. The van der Waals surface area contributed by atoms with Crippen molar-refractivity contribution in [3.05, 3.63) is 157 Å². The van der Waals surface area contributed by atoms with E-state index in [1.54, 1.807) is 56.7 Å². The molecule has 1 amide bonds. The minimum Gasteiger partial charge on any atom is -0.497 e.